The normalized spacial score (nSPS) is 10.2. The fourth-order valence-electron chi connectivity index (χ4n) is 1.52. The molecule has 0 aliphatic rings. The molecule has 0 saturated carbocycles. The third-order valence-electron chi connectivity index (χ3n) is 2.56. The minimum Gasteiger partial charge on any atom is -0.497 e. The van der Waals surface area contributed by atoms with Crippen molar-refractivity contribution in [2.75, 3.05) is 18.8 Å². The van der Waals surface area contributed by atoms with E-state index in [1.54, 1.807) is 13.2 Å². The fraction of sp³-hybridized carbons (Fsp3) is 0.231. The van der Waals surface area contributed by atoms with E-state index in [9.17, 15) is 0 Å². The van der Waals surface area contributed by atoms with Gasteiger partial charge in [0, 0.05) is 6.07 Å². The molecule has 106 valence electrons. The molecule has 6 nitrogen and oxygen atoms in total. The summed E-state index contributed by atoms with van der Waals surface area (Å²) in [6, 6.07) is 9.32. The van der Waals surface area contributed by atoms with E-state index in [1.807, 2.05) is 30.5 Å². The molecule has 0 unspecified atom stereocenters. The summed E-state index contributed by atoms with van der Waals surface area (Å²) in [6.45, 7) is 0.416. The van der Waals surface area contributed by atoms with Gasteiger partial charge in [0.2, 0.25) is 5.88 Å². The monoisotopic (exact) mass is 292 g/mol. The van der Waals surface area contributed by atoms with Crippen LogP contribution in [-0.2, 0) is 6.61 Å². The predicted octanol–water partition coefficient (Wildman–Crippen LogP) is 2.07. The lowest BCUT2D eigenvalue weighted by molar-refractivity contribution is 0.290. The summed E-state index contributed by atoms with van der Waals surface area (Å²) in [5, 5.41) is 0.602. The number of ether oxygens (including phenoxy) is 2. The Morgan fingerprint density at radius 3 is 2.60 bits per heavy atom. The molecule has 0 radical (unpaired) electrons. The van der Waals surface area contributed by atoms with Gasteiger partial charge in [-0.2, -0.15) is 4.98 Å². The second-order valence-corrected chi connectivity index (χ2v) is 4.63. The van der Waals surface area contributed by atoms with Crippen molar-refractivity contribution in [1.82, 2.24) is 9.97 Å². The molecule has 2 rings (SSSR count). The average Bonchev–Trinajstić information content (AvgIpc) is 2.53. The Morgan fingerprint density at radius 2 is 2.00 bits per heavy atom. The maximum atomic E-state index is 5.65. The minimum absolute atomic E-state index is 0.416. The lowest BCUT2D eigenvalue weighted by Crippen LogP contribution is -2.10. The van der Waals surface area contributed by atoms with E-state index >= 15 is 0 Å². The van der Waals surface area contributed by atoms with E-state index in [-0.39, 0.29) is 0 Å². The highest BCUT2D eigenvalue weighted by Crippen LogP contribution is 2.19. The van der Waals surface area contributed by atoms with E-state index in [4.69, 9.17) is 15.3 Å². The van der Waals surface area contributed by atoms with Crippen molar-refractivity contribution in [2.45, 2.75) is 11.8 Å². The molecular formula is C13H16N4O2S. The van der Waals surface area contributed by atoms with Gasteiger partial charge in [-0.1, -0.05) is 23.9 Å². The summed E-state index contributed by atoms with van der Waals surface area (Å²) in [6.07, 6.45) is 1.89. The number of nitrogens with zero attached hydrogens (tertiary/aromatic N) is 2. The third kappa shape index (κ3) is 3.75. The van der Waals surface area contributed by atoms with Gasteiger partial charge in [-0.3, -0.25) is 0 Å². The predicted molar refractivity (Wildman–Crippen MR) is 78.9 cm³/mol. The molecule has 20 heavy (non-hydrogen) atoms. The zero-order valence-electron chi connectivity index (χ0n) is 11.3. The van der Waals surface area contributed by atoms with Gasteiger partial charge in [0.1, 0.15) is 18.2 Å². The van der Waals surface area contributed by atoms with Crippen LogP contribution in [0, 0.1) is 0 Å². The van der Waals surface area contributed by atoms with Gasteiger partial charge in [-0.25, -0.2) is 10.8 Å². The Balaban J connectivity index is 2.05. The molecule has 0 amide bonds. The first-order valence-electron chi connectivity index (χ1n) is 5.90. The van der Waals surface area contributed by atoms with Crippen molar-refractivity contribution < 1.29 is 9.47 Å². The van der Waals surface area contributed by atoms with E-state index in [0.29, 0.717) is 23.5 Å². The maximum absolute atomic E-state index is 5.65. The van der Waals surface area contributed by atoms with Crippen molar-refractivity contribution >= 4 is 17.6 Å². The van der Waals surface area contributed by atoms with Crippen LogP contribution in [0.4, 0.5) is 5.82 Å². The summed E-state index contributed by atoms with van der Waals surface area (Å²) < 4.78 is 10.8. The molecule has 0 bridgehead atoms. The standard InChI is InChI=1S/C13H16N4O2S/c1-18-10-5-3-9(4-6-10)8-19-12-7-11(17-14)15-13(16-12)20-2/h3-7H,8,14H2,1-2H3,(H,15,16,17). The van der Waals surface area contributed by atoms with Crippen LogP contribution in [0.25, 0.3) is 0 Å². The number of thioether (sulfide) groups is 1. The number of aromatic nitrogens is 2. The molecule has 7 heteroatoms. The molecule has 0 fully saturated rings. The first-order valence-corrected chi connectivity index (χ1v) is 7.13. The number of benzene rings is 1. The van der Waals surface area contributed by atoms with E-state index in [1.165, 1.54) is 11.8 Å². The van der Waals surface area contributed by atoms with Crippen LogP contribution in [0.2, 0.25) is 0 Å². The highest BCUT2D eigenvalue weighted by Gasteiger charge is 2.05. The van der Waals surface area contributed by atoms with E-state index in [0.717, 1.165) is 11.3 Å². The Morgan fingerprint density at radius 1 is 1.25 bits per heavy atom. The van der Waals surface area contributed by atoms with Gasteiger partial charge in [-0.05, 0) is 24.0 Å². The highest BCUT2D eigenvalue weighted by atomic mass is 32.2. The quantitative estimate of drug-likeness (QED) is 0.365. The SMILES string of the molecule is COc1ccc(COc2cc(NN)nc(SC)n2)cc1. The lowest BCUT2D eigenvalue weighted by atomic mass is 10.2. The Kier molecular flexibility index (Phi) is 5.03. The van der Waals surface area contributed by atoms with E-state index in [2.05, 4.69) is 15.4 Å². The molecule has 0 atom stereocenters. The van der Waals surface area contributed by atoms with Gasteiger partial charge in [0.25, 0.3) is 0 Å². The Labute approximate surface area is 121 Å². The second kappa shape index (κ2) is 6.97. The zero-order chi connectivity index (χ0) is 14.4. The van der Waals surface area contributed by atoms with Gasteiger partial charge < -0.3 is 14.9 Å². The largest absolute Gasteiger partial charge is 0.497 e. The van der Waals surface area contributed by atoms with Gasteiger partial charge in [0.05, 0.1) is 7.11 Å². The van der Waals surface area contributed by atoms with Crippen LogP contribution in [0.15, 0.2) is 35.5 Å². The molecule has 3 N–H and O–H groups in total. The highest BCUT2D eigenvalue weighted by molar-refractivity contribution is 7.98. The molecule has 0 aliphatic heterocycles. The first kappa shape index (κ1) is 14.4. The summed E-state index contributed by atoms with van der Waals surface area (Å²) in [5.74, 6) is 7.18. The minimum atomic E-state index is 0.416. The van der Waals surface area contributed by atoms with Gasteiger partial charge >= 0.3 is 0 Å². The Hall–Kier alpha value is -1.99. The maximum Gasteiger partial charge on any atom is 0.219 e. The average molecular weight is 292 g/mol. The van der Waals surface area contributed by atoms with Crippen molar-refractivity contribution in [2.24, 2.45) is 5.84 Å². The van der Waals surface area contributed by atoms with E-state index < -0.39 is 0 Å². The number of rotatable bonds is 6. The topological polar surface area (TPSA) is 82.3 Å². The van der Waals surface area contributed by atoms with Crippen LogP contribution >= 0.6 is 11.8 Å². The summed E-state index contributed by atoms with van der Waals surface area (Å²) in [4.78, 5) is 8.43. The number of hydrogen-bond acceptors (Lipinski definition) is 7. The number of hydrogen-bond donors (Lipinski definition) is 2. The summed E-state index contributed by atoms with van der Waals surface area (Å²) >= 11 is 1.42. The van der Waals surface area contributed by atoms with Crippen molar-refractivity contribution in [3.63, 3.8) is 0 Å². The van der Waals surface area contributed by atoms with Crippen LogP contribution in [0.1, 0.15) is 5.56 Å². The fourth-order valence-corrected chi connectivity index (χ4v) is 1.89. The molecule has 1 aromatic heterocycles. The van der Waals surface area contributed by atoms with Crippen molar-refractivity contribution in [3.8, 4) is 11.6 Å². The molecule has 2 aromatic rings. The zero-order valence-corrected chi connectivity index (χ0v) is 12.1. The number of hydrazine groups is 1. The molecule has 0 aliphatic carbocycles. The second-order valence-electron chi connectivity index (χ2n) is 3.86. The third-order valence-corrected chi connectivity index (χ3v) is 3.11. The van der Waals surface area contributed by atoms with Crippen LogP contribution in [0.5, 0.6) is 11.6 Å². The number of nitrogens with two attached hydrogens (primary N) is 1. The number of methoxy groups -OCH3 is 1. The first-order chi connectivity index (χ1) is 9.75. The molecule has 1 aromatic carbocycles. The van der Waals surface area contributed by atoms with Crippen LogP contribution in [0.3, 0.4) is 0 Å². The smallest absolute Gasteiger partial charge is 0.219 e. The van der Waals surface area contributed by atoms with Crippen molar-refractivity contribution in [1.29, 1.82) is 0 Å². The molecule has 0 spiro atoms. The number of anilines is 1. The van der Waals surface area contributed by atoms with Crippen molar-refractivity contribution in [3.05, 3.63) is 35.9 Å². The number of nitrogen functional groups attached to an aromatic ring is 1. The summed E-state index contributed by atoms with van der Waals surface area (Å²) in [7, 11) is 1.64. The molecular weight excluding hydrogens is 276 g/mol. The summed E-state index contributed by atoms with van der Waals surface area (Å²) in [5.41, 5.74) is 3.52. The molecule has 0 saturated heterocycles. The van der Waals surface area contributed by atoms with Crippen LogP contribution in [-0.4, -0.2) is 23.3 Å². The molecule has 1 heterocycles. The number of nitrogens with one attached hydrogen (secondary N) is 1. The van der Waals surface area contributed by atoms with Crippen LogP contribution < -0.4 is 20.7 Å². The van der Waals surface area contributed by atoms with Gasteiger partial charge in [0.15, 0.2) is 5.16 Å². The Bertz CT molecular complexity index is 541. The van der Waals surface area contributed by atoms with Gasteiger partial charge in [-0.15, -0.1) is 0 Å². The lowest BCUT2D eigenvalue weighted by Gasteiger charge is -2.08.